The second-order valence-corrected chi connectivity index (χ2v) is 4.30. The van der Waals surface area contributed by atoms with Crippen LogP contribution < -0.4 is 10.2 Å². The molecule has 0 bridgehead atoms. The normalized spacial score (nSPS) is 10.3. The summed E-state index contributed by atoms with van der Waals surface area (Å²) >= 11 is 0. The van der Waals surface area contributed by atoms with Crippen LogP contribution in [0.25, 0.3) is 0 Å². The number of hydrogen-bond acceptors (Lipinski definition) is 3. The van der Waals surface area contributed by atoms with Crippen LogP contribution in [0.2, 0.25) is 0 Å². The van der Waals surface area contributed by atoms with Gasteiger partial charge in [0.2, 0.25) is 0 Å². The standard InChI is InChI=1S/C14H14BFO3/c1-10-7-12(15(17)18)8-13(14(10)16)19-9-11-5-3-2-4-6-11/h2-8,17-18H,9H2,1H3. The van der Waals surface area contributed by atoms with Gasteiger partial charge in [-0.15, -0.1) is 0 Å². The molecule has 0 amide bonds. The molecule has 0 radical (unpaired) electrons. The van der Waals surface area contributed by atoms with E-state index in [4.69, 9.17) is 14.8 Å². The molecule has 0 saturated carbocycles. The molecule has 2 aromatic rings. The summed E-state index contributed by atoms with van der Waals surface area (Å²) in [7, 11) is -1.64. The molecule has 2 rings (SSSR count). The van der Waals surface area contributed by atoms with Crippen LogP contribution in [0.1, 0.15) is 11.1 Å². The topological polar surface area (TPSA) is 49.7 Å². The van der Waals surface area contributed by atoms with Gasteiger partial charge in [-0.05, 0) is 29.6 Å². The lowest BCUT2D eigenvalue weighted by molar-refractivity contribution is 0.289. The summed E-state index contributed by atoms with van der Waals surface area (Å²) < 4.78 is 19.3. The van der Waals surface area contributed by atoms with E-state index in [9.17, 15) is 4.39 Å². The van der Waals surface area contributed by atoms with E-state index >= 15 is 0 Å². The van der Waals surface area contributed by atoms with Crippen molar-refractivity contribution in [2.45, 2.75) is 13.5 Å². The highest BCUT2D eigenvalue weighted by Crippen LogP contribution is 2.20. The molecular formula is C14H14BFO3. The minimum absolute atomic E-state index is 0.0203. The van der Waals surface area contributed by atoms with Gasteiger partial charge in [-0.25, -0.2) is 4.39 Å². The summed E-state index contributed by atoms with van der Waals surface area (Å²) in [5.74, 6) is -0.465. The average molecular weight is 260 g/mol. The molecule has 0 fully saturated rings. The molecule has 0 spiro atoms. The van der Waals surface area contributed by atoms with Gasteiger partial charge in [0.1, 0.15) is 6.61 Å². The third-order valence-electron chi connectivity index (χ3n) is 2.78. The van der Waals surface area contributed by atoms with Crippen LogP contribution in [0.3, 0.4) is 0 Å². The van der Waals surface area contributed by atoms with E-state index in [0.717, 1.165) is 5.56 Å². The van der Waals surface area contributed by atoms with E-state index in [0.29, 0.717) is 5.56 Å². The highest BCUT2D eigenvalue weighted by molar-refractivity contribution is 6.58. The summed E-state index contributed by atoms with van der Waals surface area (Å²) in [5, 5.41) is 18.3. The molecule has 0 saturated heterocycles. The molecule has 0 atom stereocenters. The van der Waals surface area contributed by atoms with Crippen molar-refractivity contribution < 1.29 is 19.2 Å². The first-order valence-corrected chi connectivity index (χ1v) is 5.91. The Morgan fingerprint density at radius 3 is 2.47 bits per heavy atom. The van der Waals surface area contributed by atoms with Gasteiger partial charge in [0, 0.05) is 0 Å². The number of ether oxygens (including phenoxy) is 1. The average Bonchev–Trinajstić information content (AvgIpc) is 2.41. The second-order valence-electron chi connectivity index (χ2n) is 4.30. The Labute approximate surface area is 111 Å². The van der Waals surface area contributed by atoms with E-state index in [1.54, 1.807) is 6.92 Å². The van der Waals surface area contributed by atoms with Gasteiger partial charge in [-0.3, -0.25) is 0 Å². The van der Waals surface area contributed by atoms with E-state index in [-0.39, 0.29) is 17.8 Å². The molecule has 0 aliphatic rings. The van der Waals surface area contributed by atoms with Crippen LogP contribution in [0.15, 0.2) is 42.5 Å². The van der Waals surface area contributed by atoms with E-state index in [2.05, 4.69) is 0 Å². The molecule has 3 nitrogen and oxygen atoms in total. The first-order valence-electron chi connectivity index (χ1n) is 5.91. The summed E-state index contributed by atoms with van der Waals surface area (Å²) in [6.07, 6.45) is 0. The third-order valence-corrected chi connectivity index (χ3v) is 2.78. The number of hydrogen-bond donors (Lipinski definition) is 2. The van der Waals surface area contributed by atoms with Crippen LogP contribution in [0, 0.1) is 12.7 Å². The Kier molecular flexibility index (Phi) is 4.19. The lowest BCUT2D eigenvalue weighted by Crippen LogP contribution is -2.30. The molecule has 5 heteroatoms. The van der Waals surface area contributed by atoms with Crippen molar-refractivity contribution in [3.05, 3.63) is 59.4 Å². The summed E-state index contributed by atoms with van der Waals surface area (Å²) in [4.78, 5) is 0. The van der Waals surface area contributed by atoms with Crippen LogP contribution in [0.4, 0.5) is 4.39 Å². The van der Waals surface area contributed by atoms with Crippen molar-refractivity contribution in [3.63, 3.8) is 0 Å². The van der Waals surface area contributed by atoms with Crippen molar-refractivity contribution in [3.8, 4) is 5.75 Å². The van der Waals surface area contributed by atoms with Crippen molar-refractivity contribution in [1.82, 2.24) is 0 Å². The third kappa shape index (κ3) is 3.33. The maximum absolute atomic E-state index is 13.9. The minimum atomic E-state index is -1.64. The largest absolute Gasteiger partial charge is 0.488 e. The number of rotatable bonds is 4. The van der Waals surface area contributed by atoms with E-state index in [1.807, 2.05) is 30.3 Å². The monoisotopic (exact) mass is 260 g/mol. The van der Waals surface area contributed by atoms with Crippen LogP contribution in [-0.4, -0.2) is 17.2 Å². The van der Waals surface area contributed by atoms with Crippen molar-refractivity contribution in [2.75, 3.05) is 0 Å². The quantitative estimate of drug-likeness (QED) is 0.817. The first kappa shape index (κ1) is 13.6. The molecule has 2 N–H and O–H groups in total. The van der Waals surface area contributed by atoms with Gasteiger partial charge in [0.05, 0.1) is 0 Å². The second kappa shape index (κ2) is 5.86. The smallest absolute Gasteiger partial charge is 0.486 e. The van der Waals surface area contributed by atoms with Crippen molar-refractivity contribution >= 4 is 12.6 Å². The maximum atomic E-state index is 13.9. The zero-order valence-electron chi connectivity index (χ0n) is 10.5. The maximum Gasteiger partial charge on any atom is 0.488 e. The van der Waals surface area contributed by atoms with Gasteiger partial charge < -0.3 is 14.8 Å². The molecule has 19 heavy (non-hydrogen) atoms. The van der Waals surface area contributed by atoms with Crippen LogP contribution >= 0.6 is 0 Å². The van der Waals surface area contributed by atoms with Crippen molar-refractivity contribution in [1.29, 1.82) is 0 Å². The Morgan fingerprint density at radius 1 is 1.16 bits per heavy atom. The molecule has 2 aromatic carbocycles. The minimum Gasteiger partial charge on any atom is -0.486 e. The molecule has 0 aromatic heterocycles. The SMILES string of the molecule is Cc1cc(B(O)O)cc(OCc2ccccc2)c1F. The van der Waals surface area contributed by atoms with Crippen LogP contribution in [0.5, 0.6) is 5.75 Å². The lowest BCUT2D eigenvalue weighted by atomic mass is 9.79. The Bertz CT molecular complexity index is 558. The van der Waals surface area contributed by atoms with Gasteiger partial charge in [0.15, 0.2) is 11.6 Å². The van der Waals surface area contributed by atoms with E-state index < -0.39 is 12.9 Å². The number of benzene rings is 2. The number of aryl methyl sites for hydroxylation is 1. The molecule has 0 unspecified atom stereocenters. The fraction of sp³-hybridized carbons (Fsp3) is 0.143. The molecule has 0 heterocycles. The molecule has 98 valence electrons. The molecular weight excluding hydrogens is 246 g/mol. The summed E-state index contributed by atoms with van der Waals surface area (Å²) in [5.41, 5.74) is 1.44. The predicted octanol–water partition coefficient (Wildman–Crippen LogP) is 1.39. The van der Waals surface area contributed by atoms with Gasteiger partial charge >= 0.3 is 7.12 Å². The highest BCUT2D eigenvalue weighted by atomic mass is 19.1. The lowest BCUT2D eigenvalue weighted by Gasteiger charge is -2.11. The number of halogens is 1. The predicted molar refractivity (Wildman–Crippen MR) is 71.7 cm³/mol. The van der Waals surface area contributed by atoms with Crippen molar-refractivity contribution in [2.24, 2.45) is 0 Å². The Balaban J connectivity index is 2.20. The Morgan fingerprint density at radius 2 is 1.84 bits per heavy atom. The fourth-order valence-electron chi connectivity index (χ4n) is 1.75. The summed E-state index contributed by atoms with van der Waals surface area (Å²) in [6, 6.07) is 12.1. The zero-order chi connectivity index (χ0) is 13.8. The van der Waals surface area contributed by atoms with Gasteiger partial charge in [-0.2, -0.15) is 0 Å². The molecule has 0 aliphatic carbocycles. The highest BCUT2D eigenvalue weighted by Gasteiger charge is 2.16. The fourth-order valence-corrected chi connectivity index (χ4v) is 1.75. The first-order chi connectivity index (χ1) is 9.08. The summed E-state index contributed by atoms with van der Waals surface area (Å²) in [6.45, 7) is 1.78. The molecule has 0 aliphatic heterocycles. The van der Waals surface area contributed by atoms with Gasteiger partial charge in [-0.1, -0.05) is 36.4 Å². The van der Waals surface area contributed by atoms with E-state index in [1.165, 1.54) is 12.1 Å². The van der Waals surface area contributed by atoms with Gasteiger partial charge in [0.25, 0.3) is 0 Å². The van der Waals surface area contributed by atoms with Crippen LogP contribution in [-0.2, 0) is 6.61 Å². The zero-order valence-corrected chi connectivity index (χ0v) is 10.5. The Hall–Kier alpha value is -1.85.